The van der Waals surface area contributed by atoms with Gasteiger partial charge in [0.1, 0.15) is 0 Å². The number of ether oxygens (including phenoxy) is 2. The number of carbonyl (C=O) groups excluding carboxylic acids is 1. The van der Waals surface area contributed by atoms with Gasteiger partial charge in [-0.05, 0) is 36.2 Å². The Morgan fingerprint density at radius 3 is 2.90 bits per heavy atom. The van der Waals surface area contributed by atoms with Crippen molar-refractivity contribution in [1.82, 2.24) is 4.90 Å². The molecule has 2 rings (SSSR count). The fourth-order valence-corrected chi connectivity index (χ4v) is 2.29. The van der Waals surface area contributed by atoms with Gasteiger partial charge < -0.3 is 20.1 Å². The summed E-state index contributed by atoms with van der Waals surface area (Å²) in [4.78, 5) is 14.3. The van der Waals surface area contributed by atoms with Crippen LogP contribution >= 0.6 is 0 Å². The number of fused-ring (bicyclic) bond motifs is 1. The zero-order chi connectivity index (χ0) is 14.4. The van der Waals surface area contributed by atoms with Crippen LogP contribution in [0, 0.1) is 0 Å². The van der Waals surface area contributed by atoms with Crippen molar-refractivity contribution in [3.63, 3.8) is 0 Å². The van der Waals surface area contributed by atoms with E-state index in [1.807, 2.05) is 18.2 Å². The molecule has 0 aliphatic carbocycles. The van der Waals surface area contributed by atoms with Gasteiger partial charge in [-0.2, -0.15) is 0 Å². The third kappa shape index (κ3) is 3.56. The van der Waals surface area contributed by atoms with E-state index >= 15 is 0 Å². The van der Waals surface area contributed by atoms with E-state index in [1.165, 1.54) is 5.56 Å². The Kier molecular flexibility index (Phi) is 5.52. The van der Waals surface area contributed by atoms with Crippen LogP contribution in [0.3, 0.4) is 0 Å². The Balaban J connectivity index is 2.09. The molecule has 1 heterocycles. The molecule has 0 spiro atoms. The smallest absolute Gasteiger partial charge is 0.253 e. The predicted molar refractivity (Wildman–Crippen MR) is 76.4 cm³/mol. The number of amides is 1. The predicted octanol–water partition coefficient (Wildman–Crippen LogP) is 1.15. The maximum Gasteiger partial charge on any atom is 0.253 e. The van der Waals surface area contributed by atoms with Crippen molar-refractivity contribution < 1.29 is 14.3 Å². The molecule has 5 heteroatoms. The Morgan fingerprint density at radius 1 is 1.35 bits per heavy atom. The van der Waals surface area contributed by atoms with Crippen molar-refractivity contribution in [1.29, 1.82) is 0 Å². The summed E-state index contributed by atoms with van der Waals surface area (Å²) in [6.45, 7) is 3.59. The summed E-state index contributed by atoms with van der Waals surface area (Å²) >= 11 is 0. The summed E-state index contributed by atoms with van der Waals surface area (Å²) in [6, 6.07) is 5.79. The highest BCUT2D eigenvalue weighted by atomic mass is 16.5. The lowest BCUT2D eigenvalue weighted by Crippen LogP contribution is -2.35. The highest BCUT2D eigenvalue weighted by Crippen LogP contribution is 2.21. The molecule has 5 nitrogen and oxygen atoms in total. The average molecular weight is 278 g/mol. The molecule has 110 valence electrons. The van der Waals surface area contributed by atoms with Gasteiger partial charge in [0.05, 0.1) is 19.8 Å². The van der Waals surface area contributed by atoms with Crippen molar-refractivity contribution in [2.75, 3.05) is 33.4 Å². The molecular formula is C15H22N2O3. The molecule has 1 aromatic carbocycles. The summed E-state index contributed by atoms with van der Waals surface area (Å²) in [5, 5.41) is 0. The molecule has 0 unspecified atom stereocenters. The number of methoxy groups -OCH3 is 1. The third-order valence-corrected chi connectivity index (χ3v) is 3.45. The SMILES string of the molecule is COCCN(CCCN)C(=O)c1ccc2c(c1)COC2. The first-order valence-electron chi connectivity index (χ1n) is 6.94. The molecule has 2 N–H and O–H groups in total. The summed E-state index contributed by atoms with van der Waals surface area (Å²) < 4.78 is 10.4. The van der Waals surface area contributed by atoms with Crippen molar-refractivity contribution in [2.45, 2.75) is 19.6 Å². The van der Waals surface area contributed by atoms with E-state index in [2.05, 4.69) is 0 Å². The first kappa shape index (κ1) is 15.0. The van der Waals surface area contributed by atoms with E-state index in [4.69, 9.17) is 15.2 Å². The zero-order valence-electron chi connectivity index (χ0n) is 11.9. The van der Waals surface area contributed by atoms with Gasteiger partial charge in [0.15, 0.2) is 0 Å². The molecule has 0 saturated heterocycles. The third-order valence-electron chi connectivity index (χ3n) is 3.45. The molecule has 0 radical (unpaired) electrons. The molecule has 1 aliphatic rings. The van der Waals surface area contributed by atoms with Crippen LogP contribution in [0.25, 0.3) is 0 Å². The lowest BCUT2D eigenvalue weighted by Gasteiger charge is -2.22. The van der Waals surface area contributed by atoms with E-state index in [0.29, 0.717) is 45.0 Å². The molecule has 0 atom stereocenters. The first-order chi connectivity index (χ1) is 9.76. The van der Waals surface area contributed by atoms with Crippen LogP contribution in [0.4, 0.5) is 0 Å². The van der Waals surface area contributed by atoms with Crippen LogP contribution in [0.5, 0.6) is 0 Å². The fraction of sp³-hybridized carbons (Fsp3) is 0.533. The van der Waals surface area contributed by atoms with Crippen LogP contribution < -0.4 is 5.73 Å². The highest BCUT2D eigenvalue weighted by Gasteiger charge is 2.18. The van der Waals surface area contributed by atoms with Gasteiger partial charge in [-0.25, -0.2) is 0 Å². The second-order valence-corrected chi connectivity index (χ2v) is 4.90. The van der Waals surface area contributed by atoms with E-state index in [9.17, 15) is 4.79 Å². The Bertz CT molecular complexity index is 454. The standard InChI is InChI=1S/C15H22N2O3/c1-19-8-7-17(6-2-5-16)15(18)12-3-4-13-10-20-11-14(13)9-12/h3-4,9H,2,5-8,10-11,16H2,1H3. The Hall–Kier alpha value is -1.43. The number of rotatable bonds is 7. The number of hydrogen-bond donors (Lipinski definition) is 1. The zero-order valence-corrected chi connectivity index (χ0v) is 11.9. The number of hydrogen-bond acceptors (Lipinski definition) is 4. The summed E-state index contributed by atoms with van der Waals surface area (Å²) in [6.07, 6.45) is 0.795. The van der Waals surface area contributed by atoms with Gasteiger partial charge in [0.2, 0.25) is 0 Å². The molecule has 1 aromatic rings. The molecule has 0 aromatic heterocycles. The van der Waals surface area contributed by atoms with Gasteiger partial charge in [-0.15, -0.1) is 0 Å². The van der Waals surface area contributed by atoms with Gasteiger partial charge in [0, 0.05) is 25.8 Å². The van der Waals surface area contributed by atoms with Crippen molar-refractivity contribution in [2.24, 2.45) is 5.73 Å². The quantitative estimate of drug-likeness (QED) is 0.812. The molecule has 1 amide bonds. The minimum Gasteiger partial charge on any atom is -0.383 e. The summed E-state index contributed by atoms with van der Waals surface area (Å²) in [5.41, 5.74) is 8.53. The van der Waals surface area contributed by atoms with Gasteiger partial charge in [-0.1, -0.05) is 6.07 Å². The van der Waals surface area contributed by atoms with Gasteiger partial charge in [0.25, 0.3) is 5.91 Å². The lowest BCUT2D eigenvalue weighted by molar-refractivity contribution is 0.0694. The fourth-order valence-electron chi connectivity index (χ4n) is 2.29. The van der Waals surface area contributed by atoms with Crippen molar-refractivity contribution >= 4 is 5.91 Å². The second-order valence-electron chi connectivity index (χ2n) is 4.90. The van der Waals surface area contributed by atoms with Crippen molar-refractivity contribution in [3.05, 3.63) is 34.9 Å². The number of benzene rings is 1. The van der Waals surface area contributed by atoms with Crippen LogP contribution in [0.2, 0.25) is 0 Å². The molecule has 1 aliphatic heterocycles. The minimum absolute atomic E-state index is 0.0326. The topological polar surface area (TPSA) is 64.8 Å². The highest BCUT2D eigenvalue weighted by molar-refractivity contribution is 5.94. The van der Waals surface area contributed by atoms with E-state index in [0.717, 1.165) is 12.0 Å². The number of carbonyl (C=O) groups is 1. The van der Waals surface area contributed by atoms with E-state index in [1.54, 1.807) is 12.0 Å². The van der Waals surface area contributed by atoms with E-state index in [-0.39, 0.29) is 5.91 Å². The summed E-state index contributed by atoms with van der Waals surface area (Å²) in [7, 11) is 1.64. The molecule has 0 bridgehead atoms. The molecular weight excluding hydrogens is 256 g/mol. The molecule has 0 saturated carbocycles. The van der Waals surface area contributed by atoms with Crippen LogP contribution in [0.15, 0.2) is 18.2 Å². The Labute approximate surface area is 119 Å². The lowest BCUT2D eigenvalue weighted by atomic mass is 10.1. The van der Waals surface area contributed by atoms with Crippen molar-refractivity contribution in [3.8, 4) is 0 Å². The van der Waals surface area contributed by atoms with Crippen LogP contribution in [0.1, 0.15) is 27.9 Å². The maximum atomic E-state index is 12.5. The summed E-state index contributed by atoms with van der Waals surface area (Å²) in [5.74, 6) is 0.0326. The number of nitrogens with two attached hydrogens (primary N) is 1. The largest absolute Gasteiger partial charge is 0.383 e. The normalized spacial score (nSPS) is 13.3. The van der Waals surface area contributed by atoms with Gasteiger partial charge >= 0.3 is 0 Å². The molecule has 20 heavy (non-hydrogen) atoms. The minimum atomic E-state index is 0.0326. The molecule has 0 fully saturated rings. The van der Waals surface area contributed by atoms with Gasteiger partial charge in [-0.3, -0.25) is 4.79 Å². The Morgan fingerprint density at radius 2 is 2.15 bits per heavy atom. The van der Waals surface area contributed by atoms with Crippen LogP contribution in [-0.2, 0) is 22.7 Å². The number of nitrogens with zero attached hydrogens (tertiary/aromatic N) is 1. The second kappa shape index (κ2) is 7.38. The maximum absolute atomic E-state index is 12.5. The monoisotopic (exact) mass is 278 g/mol. The van der Waals surface area contributed by atoms with E-state index < -0.39 is 0 Å². The first-order valence-corrected chi connectivity index (χ1v) is 6.94. The average Bonchev–Trinajstić information content (AvgIpc) is 2.94. The van der Waals surface area contributed by atoms with Crippen LogP contribution in [-0.4, -0.2) is 44.2 Å².